The van der Waals surface area contributed by atoms with Crippen molar-refractivity contribution < 1.29 is 0 Å². The maximum absolute atomic E-state index is 5.18. The number of nitrogens with zero attached hydrogens (tertiary/aromatic N) is 1. The van der Waals surface area contributed by atoms with E-state index in [1.807, 2.05) is 12.1 Å². The molecule has 0 amide bonds. The highest BCUT2D eigenvalue weighted by Gasteiger charge is 1.79. The van der Waals surface area contributed by atoms with Gasteiger partial charge in [0, 0.05) is 18.0 Å². The first-order valence-electron chi connectivity index (χ1n) is 3.02. The molecular weight excluding hydrogens is 160 g/mol. The maximum atomic E-state index is 5.18. The minimum absolute atomic E-state index is 0. The van der Waals surface area contributed by atoms with E-state index < -0.39 is 0 Å². The molecule has 1 aromatic rings. The van der Waals surface area contributed by atoms with E-state index in [-0.39, 0.29) is 12.4 Å². The Balaban J connectivity index is 0.000001000. The summed E-state index contributed by atoms with van der Waals surface area (Å²) in [6.45, 7) is 0.398. The van der Waals surface area contributed by atoms with Crippen molar-refractivity contribution in [1.29, 1.82) is 0 Å². The van der Waals surface area contributed by atoms with Gasteiger partial charge in [-0.15, -0.1) is 12.4 Å². The van der Waals surface area contributed by atoms with Crippen molar-refractivity contribution in [3.8, 4) is 11.8 Å². The van der Waals surface area contributed by atoms with Gasteiger partial charge in [0.1, 0.15) is 0 Å². The molecule has 2 nitrogen and oxygen atoms in total. The van der Waals surface area contributed by atoms with Crippen LogP contribution in [0.2, 0.25) is 0 Å². The number of pyridine rings is 1. The number of halogens is 1. The molecule has 2 N–H and O–H groups in total. The fourth-order valence-electron chi connectivity index (χ4n) is 0.590. The molecule has 1 rings (SSSR count). The number of nitrogens with two attached hydrogens (primary N) is 1. The van der Waals surface area contributed by atoms with Crippen LogP contribution in [0, 0.1) is 11.8 Å². The number of rotatable bonds is 0. The van der Waals surface area contributed by atoms with Gasteiger partial charge in [0.2, 0.25) is 0 Å². The smallest absolute Gasteiger partial charge is 0.0555 e. The van der Waals surface area contributed by atoms with Gasteiger partial charge in [-0.1, -0.05) is 11.8 Å². The van der Waals surface area contributed by atoms with Gasteiger partial charge in [0.25, 0.3) is 0 Å². The fourth-order valence-corrected chi connectivity index (χ4v) is 0.590. The van der Waals surface area contributed by atoms with Gasteiger partial charge in [-0.2, -0.15) is 0 Å². The van der Waals surface area contributed by atoms with Crippen molar-refractivity contribution in [2.75, 3.05) is 6.54 Å². The molecule has 1 aromatic heterocycles. The molecule has 0 spiro atoms. The Kier molecular flexibility index (Phi) is 5.18. The van der Waals surface area contributed by atoms with Crippen molar-refractivity contribution in [3.05, 3.63) is 30.1 Å². The first kappa shape index (κ1) is 9.96. The van der Waals surface area contributed by atoms with Crippen LogP contribution in [0.1, 0.15) is 5.56 Å². The van der Waals surface area contributed by atoms with E-state index in [9.17, 15) is 0 Å². The van der Waals surface area contributed by atoms with Crippen LogP contribution < -0.4 is 5.73 Å². The lowest BCUT2D eigenvalue weighted by Gasteiger charge is -1.83. The zero-order chi connectivity index (χ0) is 7.23. The molecule has 0 unspecified atom stereocenters. The van der Waals surface area contributed by atoms with Gasteiger partial charge in [-0.3, -0.25) is 4.98 Å². The lowest BCUT2D eigenvalue weighted by molar-refractivity contribution is 1.29. The molecule has 0 aliphatic rings. The highest BCUT2D eigenvalue weighted by molar-refractivity contribution is 5.85. The average molecular weight is 169 g/mol. The summed E-state index contributed by atoms with van der Waals surface area (Å²) in [7, 11) is 0. The van der Waals surface area contributed by atoms with E-state index in [0.29, 0.717) is 6.54 Å². The lowest BCUT2D eigenvalue weighted by atomic mass is 10.3. The van der Waals surface area contributed by atoms with Crippen LogP contribution in [-0.4, -0.2) is 11.5 Å². The molecule has 0 aliphatic heterocycles. The third kappa shape index (κ3) is 3.61. The molecule has 0 radical (unpaired) electrons. The molecule has 0 aromatic carbocycles. The van der Waals surface area contributed by atoms with E-state index in [4.69, 9.17) is 5.73 Å². The normalized spacial score (nSPS) is 7.36. The highest BCUT2D eigenvalue weighted by atomic mass is 35.5. The van der Waals surface area contributed by atoms with E-state index in [0.717, 1.165) is 5.56 Å². The van der Waals surface area contributed by atoms with Gasteiger partial charge in [-0.25, -0.2) is 0 Å². The van der Waals surface area contributed by atoms with Crippen LogP contribution >= 0.6 is 12.4 Å². The fraction of sp³-hybridized carbons (Fsp3) is 0.125. The quantitative estimate of drug-likeness (QED) is 0.583. The van der Waals surface area contributed by atoms with Crippen molar-refractivity contribution >= 4 is 12.4 Å². The molecule has 0 bridgehead atoms. The Morgan fingerprint density at radius 3 is 2.91 bits per heavy atom. The van der Waals surface area contributed by atoms with Crippen LogP contribution in [0.5, 0.6) is 0 Å². The van der Waals surface area contributed by atoms with Crippen molar-refractivity contribution in [2.45, 2.75) is 0 Å². The topological polar surface area (TPSA) is 38.9 Å². The Morgan fingerprint density at radius 1 is 1.55 bits per heavy atom. The standard InChI is InChI=1S/C8H8N2.ClH/c9-5-1-3-8-4-2-6-10-7-8;/h2,4,6-7H,5,9H2;1H. The molecular formula is C8H9ClN2. The largest absolute Gasteiger partial charge is 0.320 e. The summed E-state index contributed by atoms with van der Waals surface area (Å²) in [6.07, 6.45) is 3.43. The summed E-state index contributed by atoms with van der Waals surface area (Å²) in [5.41, 5.74) is 6.09. The van der Waals surface area contributed by atoms with Gasteiger partial charge >= 0.3 is 0 Å². The second-order valence-corrected chi connectivity index (χ2v) is 1.75. The van der Waals surface area contributed by atoms with Crippen molar-refractivity contribution in [3.63, 3.8) is 0 Å². The van der Waals surface area contributed by atoms with Crippen LogP contribution in [0.4, 0.5) is 0 Å². The monoisotopic (exact) mass is 168 g/mol. The number of hydrogen-bond acceptors (Lipinski definition) is 2. The Morgan fingerprint density at radius 2 is 2.36 bits per heavy atom. The van der Waals surface area contributed by atoms with Gasteiger partial charge in [0.15, 0.2) is 0 Å². The second kappa shape index (κ2) is 5.72. The Hall–Kier alpha value is -1.04. The highest BCUT2D eigenvalue weighted by Crippen LogP contribution is 1.90. The summed E-state index contributed by atoms with van der Waals surface area (Å²) in [6, 6.07) is 3.75. The van der Waals surface area contributed by atoms with E-state index in [1.165, 1.54) is 0 Å². The molecule has 0 atom stereocenters. The van der Waals surface area contributed by atoms with Gasteiger partial charge < -0.3 is 5.73 Å². The molecule has 11 heavy (non-hydrogen) atoms. The molecule has 1 heterocycles. The van der Waals surface area contributed by atoms with Crippen molar-refractivity contribution in [2.24, 2.45) is 5.73 Å². The molecule has 3 heteroatoms. The summed E-state index contributed by atoms with van der Waals surface area (Å²) >= 11 is 0. The molecule has 0 fully saturated rings. The zero-order valence-electron chi connectivity index (χ0n) is 5.95. The maximum Gasteiger partial charge on any atom is 0.0555 e. The summed E-state index contributed by atoms with van der Waals surface area (Å²) in [4.78, 5) is 3.89. The predicted molar refractivity (Wildman–Crippen MR) is 47.4 cm³/mol. The van der Waals surface area contributed by atoms with E-state index in [2.05, 4.69) is 16.8 Å². The SMILES string of the molecule is Cl.NCC#Cc1cccnc1. The summed E-state index contributed by atoms with van der Waals surface area (Å²) < 4.78 is 0. The lowest BCUT2D eigenvalue weighted by Crippen LogP contribution is -1.92. The van der Waals surface area contributed by atoms with Crippen molar-refractivity contribution in [1.82, 2.24) is 4.98 Å². The number of hydrogen-bond donors (Lipinski definition) is 1. The minimum atomic E-state index is 0. The van der Waals surface area contributed by atoms with Crippen LogP contribution in [-0.2, 0) is 0 Å². The van der Waals surface area contributed by atoms with Crippen LogP contribution in [0.15, 0.2) is 24.5 Å². The first-order valence-corrected chi connectivity index (χ1v) is 3.02. The minimum Gasteiger partial charge on any atom is -0.320 e. The number of aromatic nitrogens is 1. The first-order chi connectivity index (χ1) is 4.93. The summed E-state index contributed by atoms with van der Waals surface area (Å²) in [5.74, 6) is 5.61. The molecule has 0 saturated heterocycles. The Bertz CT molecular complexity index is 248. The summed E-state index contributed by atoms with van der Waals surface area (Å²) in [5, 5.41) is 0. The third-order valence-corrected chi connectivity index (χ3v) is 0.996. The molecule has 0 saturated carbocycles. The Labute approximate surface area is 72.2 Å². The second-order valence-electron chi connectivity index (χ2n) is 1.75. The van der Waals surface area contributed by atoms with Gasteiger partial charge in [-0.05, 0) is 12.1 Å². The van der Waals surface area contributed by atoms with Gasteiger partial charge in [0.05, 0.1) is 6.54 Å². The molecule has 58 valence electrons. The molecule has 0 aliphatic carbocycles. The average Bonchev–Trinajstić information content (AvgIpc) is 2.03. The zero-order valence-corrected chi connectivity index (χ0v) is 6.77. The van der Waals surface area contributed by atoms with Crippen LogP contribution in [0.25, 0.3) is 0 Å². The third-order valence-electron chi connectivity index (χ3n) is 0.996. The predicted octanol–water partition coefficient (Wildman–Crippen LogP) is 0.814. The van der Waals surface area contributed by atoms with E-state index >= 15 is 0 Å². The van der Waals surface area contributed by atoms with Crippen LogP contribution in [0.3, 0.4) is 0 Å². The van der Waals surface area contributed by atoms with E-state index in [1.54, 1.807) is 12.4 Å².